The van der Waals surface area contributed by atoms with Crippen LogP contribution in [0.3, 0.4) is 0 Å². The van der Waals surface area contributed by atoms with E-state index >= 15 is 0 Å². The van der Waals surface area contributed by atoms with Gasteiger partial charge in [0.05, 0.1) is 4.92 Å². The number of nitrogens with one attached hydrogen (secondary N) is 1. The number of hydrogen-bond acceptors (Lipinski definition) is 4. The molecule has 1 aliphatic heterocycles. The number of amides is 1. The predicted molar refractivity (Wildman–Crippen MR) is 90.0 cm³/mol. The molecule has 0 unspecified atom stereocenters. The Morgan fingerprint density at radius 2 is 1.96 bits per heavy atom. The number of nitrogens with zero attached hydrogens (tertiary/aromatic N) is 2. The van der Waals surface area contributed by atoms with Crippen LogP contribution in [-0.2, 0) is 0 Å². The molecule has 1 fully saturated rings. The average molecular weight is 340 g/mol. The number of benzene rings is 1. The number of halogens is 1. The molecule has 1 aromatic rings. The first-order valence-corrected chi connectivity index (χ1v) is 8.40. The summed E-state index contributed by atoms with van der Waals surface area (Å²) in [5.41, 5.74) is 0.0137. The van der Waals surface area contributed by atoms with Gasteiger partial charge in [-0.25, -0.2) is 0 Å². The van der Waals surface area contributed by atoms with Crippen molar-refractivity contribution in [3.05, 3.63) is 38.9 Å². The SMILES string of the molecule is O=C(NCCCN1CCCCCC1)c1ccc(Cl)c([N+](=O)[O-])c1. The first kappa shape index (κ1) is 17.7. The van der Waals surface area contributed by atoms with E-state index in [1.165, 1.54) is 43.9 Å². The number of hydrogen-bond donors (Lipinski definition) is 1. The van der Waals surface area contributed by atoms with Crippen molar-refractivity contribution in [2.24, 2.45) is 0 Å². The fourth-order valence-corrected chi connectivity index (χ4v) is 2.95. The summed E-state index contributed by atoms with van der Waals surface area (Å²) in [7, 11) is 0. The Kier molecular flexibility index (Phi) is 6.80. The van der Waals surface area contributed by atoms with Gasteiger partial charge in [-0.3, -0.25) is 14.9 Å². The summed E-state index contributed by atoms with van der Waals surface area (Å²) in [5, 5.41) is 13.7. The molecule has 0 aliphatic carbocycles. The summed E-state index contributed by atoms with van der Waals surface area (Å²) in [6.45, 7) is 3.81. The highest BCUT2D eigenvalue weighted by Crippen LogP contribution is 2.24. The minimum Gasteiger partial charge on any atom is -0.352 e. The van der Waals surface area contributed by atoms with Crippen LogP contribution in [0.5, 0.6) is 0 Å². The lowest BCUT2D eigenvalue weighted by atomic mass is 10.2. The van der Waals surface area contributed by atoms with Gasteiger partial charge in [-0.1, -0.05) is 24.4 Å². The molecule has 7 heteroatoms. The monoisotopic (exact) mass is 339 g/mol. The molecule has 2 rings (SSSR count). The van der Waals surface area contributed by atoms with Crippen molar-refractivity contribution < 1.29 is 9.72 Å². The van der Waals surface area contributed by atoms with Crippen LogP contribution >= 0.6 is 11.6 Å². The van der Waals surface area contributed by atoms with Gasteiger partial charge in [0.1, 0.15) is 5.02 Å². The Bertz CT molecular complexity index is 558. The number of likely N-dealkylation sites (tertiary alicyclic amines) is 1. The average Bonchev–Trinajstić information content (AvgIpc) is 2.80. The van der Waals surface area contributed by atoms with Crippen LogP contribution in [0.1, 0.15) is 42.5 Å². The summed E-state index contributed by atoms with van der Waals surface area (Å²) in [6.07, 6.45) is 5.99. The van der Waals surface area contributed by atoms with Gasteiger partial charge in [-0.15, -0.1) is 0 Å². The predicted octanol–water partition coefficient (Wildman–Crippen LogP) is 3.24. The number of carbonyl (C=O) groups excluding carboxylic acids is 1. The summed E-state index contributed by atoms with van der Waals surface area (Å²) < 4.78 is 0. The fraction of sp³-hybridized carbons (Fsp3) is 0.562. The molecule has 1 amide bonds. The second-order valence-corrected chi connectivity index (χ2v) is 6.20. The molecule has 23 heavy (non-hydrogen) atoms. The van der Waals surface area contributed by atoms with Gasteiger partial charge < -0.3 is 10.2 Å². The van der Waals surface area contributed by atoms with E-state index in [0.29, 0.717) is 6.54 Å². The molecule has 0 radical (unpaired) electrons. The van der Waals surface area contributed by atoms with Crippen molar-refractivity contribution in [2.75, 3.05) is 26.2 Å². The molecular weight excluding hydrogens is 318 g/mol. The molecule has 126 valence electrons. The zero-order chi connectivity index (χ0) is 16.7. The van der Waals surface area contributed by atoms with E-state index in [9.17, 15) is 14.9 Å². The Balaban J connectivity index is 1.78. The van der Waals surface area contributed by atoms with Crippen LogP contribution in [0.4, 0.5) is 5.69 Å². The molecule has 1 N–H and O–H groups in total. The third kappa shape index (κ3) is 5.48. The number of carbonyl (C=O) groups is 1. The van der Waals surface area contributed by atoms with Crippen LogP contribution in [0.25, 0.3) is 0 Å². The van der Waals surface area contributed by atoms with Gasteiger partial charge in [0.15, 0.2) is 0 Å². The first-order valence-electron chi connectivity index (χ1n) is 8.02. The summed E-state index contributed by atoms with van der Waals surface area (Å²) in [4.78, 5) is 24.7. The van der Waals surface area contributed by atoms with E-state index in [-0.39, 0.29) is 22.2 Å². The van der Waals surface area contributed by atoms with Crippen molar-refractivity contribution in [1.29, 1.82) is 0 Å². The molecule has 0 atom stereocenters. The molecule has 0 saturated carbocycles. The lowest BCUT2D eigenvalue weighted by Gasteiger charge is -2.19. The molecule has 0 bridgehead atoms. The van der Waals surface area contributed by atoms with Gasteiger partial charge in [0.25, 0.3) is 11.6 Å². The maximum atomic E-state index is 12.0. The highest BCUT2D eigenvalue weighted by atomic mass is 35.5. The summed E-state index contributed by atoms with van der Waals surface area (Å²) in [6, 6.07) is 4.10. The topological polar surface area (TPSA) is 75.5 Å². The molecule has 1 saturated heterocycles. The van der Waals surface area contributed by atoms with Gasteiger partial charge >= 0.3 is 0 Å². The molecule has 1 aromatic carbocycles. The lowest BCUT2D eigenvalue weighted by molar-refractivity contribution is -0.384. The molecule has 6 nitrogen and oxygen atoms in total. The molecule has 0 aromatic heterocycles. The van der Waals surface area contributed by atoms with Gasteiger partial charge in [-0.2, -0.15) is 0 Å². The van der Waals surface area contributed by atoms with E-state index in [4.69, 9.17) is 11.6 Å². The molecular formula is C16H22ClN3O3. The van der Waals surface area contributed by atoms with Crippen LogP contribution < -0.4 is 5.32 Å². The van der Waals surface area contributed by atoms with Gasteiger partial charge in [0.2, 0.25) is 0 Å². The molecule has 0 spiro atoms. The zero-order valence-corrected chi connectivity index (χ0v) is 13.8. The summed E-state index contributed by atoms with van der Waals surface area (Å²) in [5.74, 6) is -0.305. The van der Waals surface area contributed by atoms with E-state index in [2.05, 4.69) is 10.2 Å². The second kappa shape index (κ2) is 8.84. The number of nitro groups is 1. The smallest absolute Gasteiger partial charge is 0.288 e. The Labute approximate surface area is 141 Å². The number of rotatable bonds is 6. The maximum absolute atomic E-state index is 12.0. The molecule has 1 heterocycles. The Hall–Kier alpha value is -1.66. The quantitative estimate of drug-likeness (QED) is 0.490. The minimum absolute atomic E-state index is 0.0349. The van der Waals surface area contributed by atoms with E-state index in [1.807, 2.05) is 0 Å². The van der Waals surface area contributed by atoms with Crippen molar-refractivity contribution in [3.63, 3.8) is 0 Å². The first-order chi connectivity index (χ1) is 11.1. The third-order valence-corrected chi connectivity index (χ3v) is 4.36. The molecule has 1 aliphatic rings. The zero-order valence-electron chi connectivity index (χ0n) is 13.1. The van der Waals surface area contributed by atoms with Crippen LogP contribution in [0.2, 0.25) is 5.02 Å². The summed E-state index contributed by atoms with van der Waals surface area (Å²) >= 11 is 5.74. The van der Waals surface area contributed by atoms with Crippen molar-refractivity contribution in [1.82, 2.24) is 10.2 Å². The fourth-order valence-electron chi connectivity index (χ4n) is 2.76. The van der Waals surface area contributed by atoms with Crippen molar-refractivity contribution in [2.45, 2.75) is 32.1 Å². The number of nitro benzene ring substituents is 1. The largest absolute Gasteiger partial charge is 0.352 e. The third-order valence-electron chi connectivity index (χ3n) is 4.04. The van der Waals surface area contributed by atoms with Crippen molar-refractivity contribution >= 4 is 23.2 Å². The Morgan fingerprint density at radius 1 is 1.26 bits per heavy atom. The standard InChI is InChI=1S/C16H22ClN3O3/c17-14-7-6-13(12-15(14)20(22)23)16(21)18-8-5-11-19-9-3-1-2-4-10-19/h6-7,12H,1-5,8-11H2,(H,18,21). The second-order valence-electron chi connectivity index (χ2n) is 5.79. The van der Waals surface area contributed by atoms with Crippen molar-refractivity contribution in [3.8, 4) is 0 Å². The normalized spacial score (nSPS) is 15.9. The van der Waals surface area contributed by atoms with Gasteiger partial charge in [0, 0.05) is 18.2 Å². The minimum atomic E-state index is -0.585. The van der Waals surface area contributed by atoms with E-state index in [1.54, 1.807) is 0 Å². The highest BCUT2D eigenvalue weighted by Gasteiger charge is 2.16. The Morgan fingerprint density at radius 3 is 2.61 bits per heavy atom. The highest BCUT2D eigenvalue weighted by molar-refractivity contribution is 6.32. The van der Waals surface area contributed by atoms with Crippen LogP contribution in [-0.4, -0.2) is 41.9 Å². The van der Waals surface area contributed by atoms with Crippen LogP contribution in [0, 0.1) is 10.1 Å². The van der Waals surface area contributed by atoms with E-state index < -0.39 is 4.92 Å². The van der Waals surface area contributed by atoms with E-state index in [0.717, 1.165) is 26.1 Å². The lowest BCUT2D eigenvalue weighted by Crippen LogP contribution is -2.30. The van der Waals surface area contributed by atoms with Crippen LogP contribution in [0.15, 0.2) is 18.2 Å². The van der Waals surface area contributed by atoms with Gasteiger partial charge in [-0.05, 0) is 51.0 Å². The maximum Gasteiger partial charge on any atom is 0.288 e.